The van der Waals surface area contributed by atoms with Crippen LogP contribution in [-0.2, 0) is 0 Å². The number of hydrogen-bond acceptors (Lipinski definition) is 10. The van der Waals surface area contributed by atoms with Crippen LogP contribution < -0.4 is 20.9 Å². The Balaban J connectivity index is 1.48. The van der Waals surface area contributed by atoms with E-state index in [0.29, 0.717) is 23.0 Å². The third kappa shape index (κ3) is 5.82. The van der Waals surface area contributed by atoms with Gasteiger partial charge in [-0.3, -0.25) is 14.8 Å². The van der Waals surface area contributed by atoms with E-state index in [9.17, 15) is 14.7 Å². The summed E-state index contributed by atoms with van der Waals surface area (Å²) < 4.78 is 0. The molecule has 0 unspecified atom stereocenters. The number of nitrogens with one attached hydrogen (secondary N) is 3. The van der Waals surface area contributed by atoms with Crippen LogP contribution in [0.2, 0.25) is 0 Å². The fraction of sp³-hybridized carbons (Fsp3) is 0.160. The standard InChI is InChI=1S/C25H23N9O3/c35-24(17-9-18(25(36)37)14-28-13-17)31-19-11-20(32-21(12-19)33-22-15-27-3-4-29-22)16-1-2-30-23(10-16)34-7-5-26-6-8-34/h1-4,9-15,26H,5-8H2,(H,36,37)(H2,29,31,32,33,35). The Hall–Kier alpha value is -4.97. The summed E-state index contributed by atoms with van der Waals surface area (Å²) in [4.78, 5) is 47.8. The molecule has 4 aromatic rings. The summed E-state index contributed by atoms with van der Waals surface area (Å²) in [7, 11) is 0. The number of carboxylic acid groups (broad SMARTS) is 1. The zero-order valence-corrected chi connectivity index (χ0v) is 19.6. The molecule has 1 saturated heterocycles. The predicted octanol–water partition coefficient (Wildman–Crippen LogP) is 2.43. The van der Waals surface area contributed by atoms with Gasteiger partial charge in [-0.25, -0.2) is 19.7 Å². The molecule has 4 aromatic heterocycles. The number of hydrogen-bond donors (Lipinski definition) is 4. The van der Waals surface area contributed by atoms with E-state index >= 15 is 0 Å². The first-order valence-corrected chi connectivity index (χ1v) is 11.5. The van der Waals surface area contributed by atoms with Crippen molar-refractivity contribution in [1.29, 1.82) is 0 Å². The second-order valence-electron chi connectivity index (χ2n) is 8.20. The minimum atomic E-state index is -1.17. The van der Waals surface area contributed by atoms with Crippen LogP contribution in [0.15, 0.2) is 67.5 Å². The van der Waals surface area contributed by atoms with Crippen LogP contribution in [0, 0.1) is 0 Å². The first-order valence-electron chi connectivity index (χ1n) is 11.5. The Morgan fingerprint density at radius 1 is 0.892 bits per heavy atom. The van der Waals surface area contributed by atoms with Gasteiger partial charge in [0.1, 0.15) is 17.5 Å². The number of carbonyl (C=O) groups is 2. The fourth-order valence-electron chi connectivity index (χ4n) is 3.84. The number of aromatic nitrogens is 5. The lowest BCUT2D eigenvalue weighted by molar-refractivity contribution is 0.0696. The minimum absolute atomic E-state index is 0.0784. The molecule has 1 aliphatic heterocycles. The van der Waals surface area contributed by atoms with Crippen molar-refractivity contribution in [3.05, 3.63) is 78.6 Å². The Morgan fingerprint density at radius 3 is 2.51 bits per heavy atom. The molecular formula is C25H23N9O3. The zero-order valence-electron chi connectivity index (χ0n) is 19.6. The highest BCUT2D eigenvalue weighted by Gasteiger charge is 2.15. The van der Waals surface area contributed by atoms with E-state index in [1.54, 1.807) is 36.9 Å². The van der Waals surface area contributed by atoms with E-state index in [-0.39, 0.29) is 11.1 Å². The number of nitrogens with zero attached hydrogens (tertiary/aromatic N) is 6. The normalized spacial score (nSPS) is 13.1. The van der Waals surface area contributed by atoms with Gasteiger partial charge in [-0.2, -0.15) is 0 Å². The number of anilines is 4. The predicted molar refractivity (Wildman–Crippen MR) is 137 cm³/mol. The monoisotopic (exact) mass is 497 g/mol. The summed E-state index contributed by atoms with van der Waals surface area (Å²) in [6.45, 7) is 3.47. The summed E-state index contributed by atoms with van der Waals surface area (Å²) in [5, 5.41) is 18.5. The molecule has 186 valence electrons. The van der Waals surface area contributed by atoms with Gasteiger partial charge in [0, 0.05) is 74.5 Å². The van der Waals surface area contributed by atoms with Crippen LogP contribution in [0.1, 0.15) is 20.7 Å². The van der Waals surface area contributed by atoms with Gasteiger partial charge < -0.3 is 26.0 Å². The average molecular weight is 498 g/mol. The Kier molecular flexibility index (Phi) is 6.90. The highest BCUT2D eigenvalue weighted by atomic mass is 16.4. The van der Waals surface area contributed by atoms with Crippen molar-refractivity contribution in [2.75, 3.05) is 41.7 Å². The van der Waals surface area contributed by atoms with Gasteiger partial charge in [0.2, 0.25) is 0 Å². The van der Waals surface area contributed by atoms with Crippen molar-refractivity contribution in [1.82, 2.24) is 30.2 Å². The Labute approximate surface area is 211 Å². The topological polar surface area (TPSA) is 158 Å². The molecule has 5 rings (SSSR count). The number of piperazine rings is 1. The number of carboxylic acids is 1. The van der Waals surface area contributed by atoms with Gasteiger partial charge in [0.15, 0.2) is 0 Å². The number of carbonyl (C=O) groups excluding carboxylic acids is 1. The lowest BCUT2D eigenvalue weighted by atomic mass is 10.1. The first-order chi connectivity index (χ1) is 18.0. The Bertz CT molecular complexity index is 1430. The van der Waals surface area contributed by atoms with Gasteiger partial charge in [-0.1, -0.05) is 0 Å². The van der Waals surface area contributed by atoms with E-state index < -0.39 is 11.9 Å². The molecule has 12 heteroatoms. The third-order valence-electron chi connectivity index (χ3n) is 5.63. The lowest BCUT2D eigenvalue weighted by Crippen LogP contribution is -2.43. The van der Waals surface area contributed by atoms with Crippen LogP contribution in [0.3, 0.4) is 0 Å². The van der Waals surface area contributed by atoms with Crippen LogP contribution >= 0.6 is 0 Å². The number of rotatable bonds is 7. The molecule has 4 N–H and O–H groups in total. The van der Waals surface area contributed by atoms with Crippen molar-refractivity contribution < 1.29 is 14.7 Å². The SMILES string of the molecule is O=C(O)c1cncc(C(=O)Nc2cc(Nc3cnccn3)nc(-c3ccnc(N4CCNCC4)c3)c2)c1. The maximum absolute atomic E-state index is 12.9. The second-order valence-corrected chi connectivity index (χ2v) is 8.20. The van der Waals surface area contributed by atoms with E-state index in [4.69, 9.17) is 4.98 Å². The van der Waals surface area contributed by atoms with Crippen molar-refractivity contribution in [2.24, 2.45) is 0 Å². The quantitative estimate of drug-likeness (QED) is 0.297. The smallest absolute Gasteiger partial charge is 0.337 e. The van der Waals surface area contributed by atoms with Crippen LogP contribution in [0.4, 0.5) is 23.1 Å². The van der Waals surface area contributed by atoms with Gasteiger partial charge in [-0.05, 0) is 24.3 Å². The molecule has 0 aromatic carbocycles. The molecule has 0 spiro atoms. The lowest BCUT2D eigenvalue weighted by Gasteiger charge is -2.28. The highest BCUT2D eigenvalue weighted by Crippen LogP contribution is 2.28. The molecule has 0 saturated carbocycles. The van der Waals surface area contributed by atoms with Crippen molar-refractivity contribution in [3.8, 4) is 11.3 Å². The van der Waals surface area contributed by atoms with E-state index in [1.165, 1.54) is 18.5 Å². The minimum Gasteiger partial charge on any atom is -0.478 e. The summed E-state index contributed by atoms with van der Waals surface area (Å²) >= 11 is 0. The molecule has 12 nitrogen and oxygen atoms in total. The van der Waals surface area contributed by atoms with Gasteiger partial charge in [0.25, 0.3) is 5.91 Å². The van der Waals surface area contributed by atoms with Gasteiger partial charge in [0.05, 0.1) is 23.0 Å². The third-order valence-corrected chi connectivity index (χ3v) is 5.63. The summed E-state index contributed by atoms with van der Waals surface area (Å²) in [5.74, 6) is 0.0942. The van der Waals surface area contributed by atoms with Crippen molar-refractivity contribution in [2.45, 2.75) is 0 Å². The molecule has 0 radical (unpaired) electrons. The molecule has 1 fully saturated rings. The molecular weight excluding hydrogens is 474 g/mol. The van der Waals surface area contributed by atoms with E-state index in [0.717, 1.165) is 37.6 Å². The zero-order chi connectivity index (χ0) is 25.6. The van der Waals surface area contributed by atoms with Gasteiger partial charge in [-0.15, -0.1) is 0 Å². The van der Waals surface area contributed by atoms with Crippen LogP contribution in [-0.4, -0.2) is 68.1 Å². The summed E-state index contributed by atoms with van der Waals surface area (Å²) in [5.41, 5.74) is 1.90. The van der Waals surface area contributed by atoms with Crippen LogP contribution in [0.25, 0.3) is 11.3 Å². The molecule has 1 aliphatic rings. The molecule has 0 aliphatic carbocycles. The summed E-state index contributed by atoms with van der Waals surface area (Å²) in [6.07, 6.45) is 8.91. The van der Waals surface area contributed by atoms with E-state index in [2.05, 4.69) is 40.8 Å². The highest BCUT2D eigenvalue weighted by molar-refractivity contribution is 6.05. The fourth-order valence-corrected chi connectivity index (χ4v) is 3.84. The number of amides is 1. The molecule has 1 amide bonds. The number of aromatic carboxylic acids is 1. The van der Waals surface area contributed by atoms with Crippen LogP contribution in [0.5, 0.6) is 0 Å². The van der Waals surface area contributed by atoms with Crippen molar-refractivity contribution >= 4 is 35.0 Å². The van der Waals surface area contributed by atoms with E-state index in [1.807, 2.05) is 12.1 Å². The molecule has 0 atom stereocenters. The van der Waals surface area contributed by atoms with Gasteiger partial charge >= 0.3 is 5.97 Å². The second kappa shape index (κ2) is 10.7. The van der Waals surface area contributed by atoms with Crippen molar-refractivity contribution in [3.63, 3.8) is 0 Å². The molecule has 0 bridgehead atoms. The number of pyridine rings is 3. The molecule has 5 heterocycles. The largest absolute Gasteiger partial charge is 0.478 e. The summed E-state index contributed by atoms with van der Waals surface area (Å²) in [6, 6.07) is 8.49. The molecule has 37 heavy (non-hydrogen) atoms. The maximum Gasteiger partial charge on any atom is 0.337 e. The first kappa shape index (κ1) is 23.8. The Morgan fingerprint density at radius 2 is 1.73 bits per heavy atom. The average Bonchev–Trinajstić information content (AvgIpc) is 2.94. The maximum atomic E-state index is 12.9.